The first-order valence-corrected chi connectivity index (χ1v) is 8.45. The molecule has 0 fully saturated rings. The molecule has 146 valence electrons. The predicted octanol–water partition coefficient (Wildman–Crippen LogP) is 4.30. The molecule has 3 rings (SSSR count). The van der Waals surface area contributed by atoms with Crippen LogP contribution in [0.5, 0.6) is 5.75 Å². The van der Waals surface area contributed by atoms with Crippen LogP contribution >= 0.6 is 0 Å². The normalized spacial score (nSPS) is 11.1. The van der Waals surface area contributed by atoms with Gasteiger partial charge in [-0.3, -0.25) is 0 Å². The molecule has 0 bridgehead atoms. The van der Waals surface area contributed by atoms with Gasteiger partial charge in [0.25, 0.3) is 0 Å². The van der Waals surface area contributed by atoms with Crippen LogP contribution in [0.2, 0.25) is 0 Å². The highest BCUT2D eigenvalue weighted by molar-refractivity contribution is 5.55. The summed E-state index contributed by atoms with van der Waals surface area (Å²) < 4.78 is 43.6. The lowest BCUT2D eigenvalue weighted by molar-refractivity contribution is -0.137. The minimum atomic E-state index is -4.42. The number of hydrogen-bond donors (Lipinski definition) is 2. The van der Waals surface area contributed by atoms with Crippen molar-refractivity contribution < 1.29 is 17.9 Å². The summed E-state index contributed by atoms with van der Waals surface area (Å²) in [5.41, 5.74) is 0.569. The van der Waals surface area contributed by atoms with E-state index < -0.39 is 11.7 Å². The number of benzene rings is 2. The van der Waals surface area contributed by atoms with Gasteiger partial charge < -0.3 is 15.4 Å². The van der Waals surface area contributed by atoms with Crippen LogP contribution in [0.1, 0.15) is 11.1 Å². The molecule has 0 aliphatic rings. The molecule has 1 aromatic heterocycles. The van der Waals surface area contributed by atoms with E-state index in [2.05, 4.69) is 25.8 Å². The van der Waals surface area contributed by atoms with E-state index in [1.165, 1.54) is 18.3 Å². The summed E-state index contributed by atoms with van der Waals surface area (Å²) in [5, 5.41) is 13.5. The number of aromatic nitrogens is 3. The third-order valence-corrected chi connectivity index (χ3v) is 3.86. The van der Waals surface area contributed by atoms with Crippen molar-refractivity contribution in [3.63, 3.8) is 0 Å². The average Bonchev–Trinajstić information content (AvgIpc) is 2.68. The monoisotopic (exact) mass is 389 g/mol. The second kappa shape index (κ2) is 8.55. The zero-order valence-corrected chi connectivity index (χ0v) is 15.0. The first-order valence-electron chi connectivity index (χ1n) is 8.45. The molecule has 28 heavy (non-hydrogen) atoms. The quantitative estimate of drug-likeness (QED) is 0.628. The van der Waals surface area contributed by atoms with Crippen LogP contribution in [0.3, 0.4) is 0 Å². The van der Waals surface area contributed by atoms with Crippen LogP contribution < -0.4 is 15.4 Å². The van der Waals surface area contributed by atoms with Gasteiger partial charge in [-0.15, -0.1) is 5.10 Å². The van der Waals surface area contributed by atoms with E-state index in [1.807, 2.05) is 24.3 Å². The molecule has 3 aromatic rings. The van der Waals surface area contributed by atoms with Crippen LogP contribution in [0.4, 0.5) is 30.6 Å². The van der Waals surface area contributed by atoms with E-state index in [1.54, 1.807) is 7.11 Å². The Balaban J connectivity index is 1.61. The maximum atomic E-state index is 12.8. The molecule has 0 spiro atoms. The molecular formula is C19H18F3N5O. The molecule has 6 nitrogen and oxygen atoms in total. The van der Waals surface area contributed by atoms with E-state index in [0.29, 0.717) is 12.4 Å². The number of anilines is 3. The van der Waals surface area contributed by atoms with Gasteiger partial charge in [-0.1, -0.05) is 18.2 Å². The van der Waals surface area contributed by atoms with Crippen LogP contribution in [-0.4, -0.2) is 28.8 Å². The number of ether oxygens (including phenoxy) is 1. The topological polar surface area (TPSA) is 72.0 Å². The number of nitrogens with zero attached hydrogens (tertiary/aromatic N) is 3. The molecule has 0 unspecified atom stereocenters. The Labute approximate surface area is 159 Å². The molecule has 0 amide bonds. The third-order valence-electron chi connectivity index (χ3n) is 3.86. The van der Waals surface area contributed by atoms with Gasteiger partial charge in [0.05, 0.1) is 18.9 Å². The Morgan fingerprint density at radius 1 is 1.07 bits per heavy atom. The fourth-order valence-corrected chi connectivity index (χ4v) is 2.51. The van der Waals surface area contributed by atoms with Crippen molar-refractivity contribution in [1.82, 2.24) is 15.2 Å². The van der Waals surface area contributed by atoms with Crippen molar-refractivity contribution in [2.45, 2.75) is 12.6 Å². The molecule has 0 aliphatic carbocycles. The Bertz CT molecular complexity index is 933. The summed E-state index contributed by atoms with van der Waals surface area (Å²) in [6, 6.07) is 12.5. The highest BCUT2D eigenvalue weighted by atomic mass is 19.4. The van der Waals surface area contributed by atoms with E-state index in [-0.39, 0.29) is 11.6 Å². The Hall–Kier alpha value is -3.36. The molecule has 0 radical (unpaired) electrons. The number of alkyl halides is 3. The zero-order valence-electron chi connectivity index (χ0n) is 15.0. The van der Waals surface area contributed by atoms with Crippen molar-refractivity contribution in [2.24, 2.45) is 0 Å². The molecular weight excluding hydrogens is 371 g/mol. The highest BCUT2D eigenvalue weighted by Crippen LogP contribution is 2.31. The lowest BCUT2D eigenvalue weighted by atomic mass is 10.1. The average molecular weight is 389 g/mol. The van der Waals surface area contributed by atoms with Gasteiger partial charge >= 0.3 is 6.18 Å². The number of halogens is 3. The van der Waals surface area contributed by atoms with Gasteiger partial charge in [-0.25, -0.2) is 0 Å². The highest BCUT2D eigenvalue weighted by Gasteiger charge is 2.30. The Morgan fingerprint density at radius 2 is 1.89 bits per heavy atom. The summed E-state index contributed by atoms with van der Waals surface area (Å²) in [6.07, 6.45) is -2.24. The van der Waals surface area contributed by atoms with Crippen LogP contribution in [-0.2, 0) is 12.6 Å². The number of rotatable bonds is 7. The van der Waals surface area contributed by atoms with Gasteiger partial charge in [0.15, 0.2) is 5.82 Å². The number of methoxy groups -OCH3 is 1. The third kappa shape index (κ3) is 5.32. The fourth-order valence-electron chi connectivity index (χ4n) is 2.51. The molecule has 2 aromatic carbocycles. The molecule has 2 N–H and O–H groups in total. The number of hydrogen-bond acceptors (Lipinski definition) is 6. The largest absolute Gasteiger partial charge is 0.497 e. The Morgan fingerprint density at radius 3 is 2.68 bits per heavy atom. The van der Waals surface area contributed by atoms with Crippen molar-refractivity contribution in [3.8, 4) is 5.75 Å². The minimum absolute atomic E-state index is 0.103. The summed E-state index contributed by atoms with van der Waals surface area (Å²) in [5.74, 6) is 1.35. The van der Waals surface area contributed by atoms with Crippen LogP contribution in [0, 0.1) is 0 Å². The van der Waals surface area contributed by atoms with Crippen molar-refractivity contribution in [2.75, 3.05) is 24.3 Å². The lowest BCUT2D eigenvalue weighted by Crippen LogP contribution is -2.09. The van der Waals surface area contributed by atoms with E-state index in [0.717, 1.165) is 29.9 Å². The van der Waals surface area contributed by atoms with E-state index >= 15 is 0 Å². The van der Waals surface area contributed by atoms with Crippen molar-refractivity contribution >= 4 is 17.5 Å². The summed E-state index contributed by atoms with van der Waals surface area (Å²) in [7, 11) is 1.61. The van der Waals surface area contributed by atoms with Gasteiger partial charge in [-0.05, 0) is 42.3 Å². The SMILES string of the molecule is COc1cccc(CCNc2cnnc(Nc3cccc(C(F)(F)F)c3)n2)c1. The fraction of sp³-hybridized carbons (Fsp3) is 0.211. The molecule has 9 heteroatoms. The van der Waals surface area contributed by atoms with E-state index in [9.17, 15) is 13.2 Å². The second-order valence-corrected chi connectivity index (χ2v) is 5.90. The second-order valence-electron chi connectivity index (χ2n) is 5.90. The van der Waals surface area contributed by atoms with Gasteiger partial charge in [0.2, 0.25) is 5.95 Å². The molecule has 0 atom stereocenters. The van der Waals surface area contributed by atoms with Crippen molar-refractivity contribution in [1.29, 1.82) is 0 Å². The molecule has 0 saturated carbocycles. The maximum Gasteiger partial charge on any atom is 0.416 e. The molecule has 1 heterocycles. The lowest BCUT2D eigenvalue weighted by Gasteiger charge is -2.10. The predicted molar refractivity (Wildman–Crippen MR) is 99.7 cm³/mol. The number of nitrogens with one attached hydrogen (secondary N) is 2. The smallest absolute Gasteiger partial charge is 0.416 e. The molecule has 0 aliphatic heterocycles. The van der Waals surface area contributed by atoms with Gasteiger partial charge in [-0.2, -0.15) is 23.3 Å². The van der Waals surface area contributed by atoms with Gasteiger partial charge in [0.1, 0.15) is 5.75 Å². The maximum absolute atomic E-state index is 12.8. The molecule has 0 saturated heterocycles. The first-order chi connectivity index (χ1) is 13.4. The summed E-state index contributed by atoms with van der Waals surface area (Å²) >= 11 is 0. The summed E-state index contributed by atoms with van der Waals surface area (Å²) in [6.45, 7) is 0.592. The zero-order chi connectivity index (χ0) is 20.0. The standard InChI is InChI=1S/C19H18F3N5O/c1-28-16-7-2-4-13(10-16)8-9-23-17-12-24-27-18(26-17)25-15-6-3-5-14(11-15)19(20,21)22/h2-7,10-12H,8-9H2,1H3,(H2,23,25,26,27). The first kappa shape index (κ1) is 19.4. The van der Waals surface area contributed by atoms with E-state index in [4.69, 9.17) is 4.74 Å². The van der Waals surface area contributed by atoms with Gasteiger partial charge in [0, 0.05) is 12.2 Å². The minimum Gasteiger partial charge on any atom is -0.497 e. The van der Waals surface area contributed by atoms with Crippen LogP contribution in [0.15, 0.2) is 54.7 Å². The van der Waals surface area contributed by atoms with Crippen molar-refractivity contribution in [3.05, 3.63) is 65.9 Å². The summed E-state index contributed by atoms with van der Waals surface area (Å²) in [4.78, 5) is 4.22. The Kier molecular flexibility index (Phi) is 5.93. The van der Waals surface area contributed by atoms with Crippen LogP contribution in [0.25, 0.3) is 0 Å².